The Labute approximate surface area is 135 Å². The molecule has 3 N–H and O–H groups in total. The van der Waals surface area contributed by atoms with Crippen molar-refractivity contribution < 1.29 is 10.2 Å². The Bertz CT molecular complexity index is 607. The summed E-state index contributed by atoms with van der Waals surface area (Å²) in [6, 6.07) is 11.1. The van der Waals surface area contributed by atoms with Gasteiger partial charge < -0.3 is 20.4 Å². The number of azo groups is 1. The quantitative estimate of drug-likeness (QED) is 0.650. The van der Waals surface area contributed by atoms with E-state index in [1.807, 2.05) is 48.3 Å². The maximum atomic E-state index is 9.06. The Morgan fingerprint density at radius 3 is 2.09 bits per heavy atom. The number of pyridine rings is 1. The van der Waals surface area contributed by atoms with E-state index < -0.39 is 0 Å². The van der Waals surface area contributed by atoms with Crippen molar-refractivity contribution in [2.24, 2.45) is 10.2 Å². The number of benzene rings is 1. The number of nitrogens with one attached hydrogen (secondary N) is 1. The zero-order chi connectivity index (χ0) is 16.5. The molecule has 122 valence electrons. The molecule has 1 heterocycles. The van der Waals surface area contributed by atoms with Gasteiger partial charge >= 0.3 is 0 Å². The highest BCUT2D eigenvalue weighted by Gasteiger charge is 2.04. The SMILES string of the molecule is CNc1ccc(N=Nc2ccc(N(CCO)CCO)cc2)cn1. The normalized spacial score (nSPS) is 10.9. The van der Waals surface area contributed by atoms with Gasteiger partial charge in [-0.15, -0.1) is 5.11 Å². The molecule has 1 aromatic carbocycles. The number of hydrogen-bond donors (Lipinski definition) is 3. The van der Waals surface area contributed by atoms with Gasteiger partial charge in [0.1, 0.15) is 11.5 Å². The van der Waals surface area contributed by atoms with Gasteiger partial charge in [-0.1, -0.05) is 0 Å². The number of aromatic nitrogens is 1. The number of aliphatic hydroxyl groups is 2. The third-order valence-electron chi connectivity index (χ3n) is 3.24. The Hall–Kier alpha value is -2.51. The average molecular weight is 315 g/mol. The van der Waals surface area contributed by atoms with Crippen molar-refractivity contribution in [3.05, 3.63) is 42.6 Å². The predicted molar refractivity (Wildman–Crippen MR) is 90.8 cm³/mol. The van der Waals surface area contributed by atoms with Gasteiger partial charge in [-0.3, -0.25) is 0 Å². The summed E-state index contributed by atoms with van der Waals surface area (Å²) in [6.45, 7) is 1.03. The summed E-state index contributed by atoms with van der Waals surface area (Å²) < 4.78 is 0. The number of hydrogen-bond acceptors (Lipinski definition) is 7. The number of nitrogens with zero attached hydrogens (tertiary/aromatic N) is 4. The van der Waals surface area contributed by atoms with Crippen LogP contribution in [0.1, 0.15) is 0 Å². The summed E-state index contributed by atoms with van der Waals surface area (Å²) in [5, 5.41) is 29.4. The second-order valence-electron chi connectivity index (χ2n) is 4.80. The van der Waals surface area contributed by atoms with Crippen LogP contribution in [0.2, 0.25) is 0 Å². The summed E-state index contributed by atoms with van der Waals surface area (Å²) in [5.41, 5.74) is 2.32. The minimum atomic E-state index is 0.0388. The molecule has 0 fully saturated rings. The standard InChI is InChI=1S/C16H21N5O2/c1-17-16-7-4-14(12-18-16)20-19-13-2-5-15(6-3-13)21(8-10-22)9-11-23/h2-7,12,22-23H,8-11H2,1H3,(H,17,18). The van der Waals surface area contributed by atoms with Crippen LogP contribution in [-0.4, -0.2) is 48.5 Å². The average Bonchev–Trinajstić information content (AvgIpc) is 2.61. The number of rotatable bonds is 8. The van der Waals surface area contributed by atoms with E-state index in [-0.39, 0.29) is 13.2 Å². The van der Waals surface area contributed by atoms with Crippen LogP contribution in [0.25, 0.3) is 0 Å². The second-order valence-corrected chi connectivity index (χ2v) is 4.80. The van der Waals surface area contributed by atoms with Crippen LogP contribution in [0.3, 0.4) is 0 Å². The van der Waals surface area contributed by atoms with Gasteiger partial charge in [0.15, 0.2) is 0 Å². The molecule has 23 heavy (non-hydrogen) atoms. The van der Waals surface area contributed by atoms with Crippen molar-refractivity contribution in [2.75, 3.05) is 43.6 Å². The number of aliphatic hydroxyl groups excluding tert-OH is 2. The molecule has 0 spiro atoms. The molecule has 7 heteroatoms. The van der Waals surface area contributed by atoms with Gasteiger partial charge in [0.2, 0.25) is 0 Å². The van der Waals surface area contributed by atoms with E-state index in [1.165, 1.54) is 0 Å². The molecule has 0 unspecified atom stereocenters. The zero-order valence-corrected chi connectivity index (χ0v) is 13.1. The van der Waals surface area contributed by atoms with E-state index in [4.69, 9.17) is 10.2 Å². The van der Waals surface area contributed by atoms with E-state index in [0.717, 1.165) is 17.2 Å². The molecule has 0 radical (unpaired) electrons. The van der Waals surface area contributed by atoms with Crippen molar-refractivity contribution >= 4 is 22.9 Å². The van der Waals surface area contributed by atoms with Gasteiger partial charge in [0.05, 0.1) is 25.1 Å². The van der Waals surface area contributed by atoms with Crippen LogP contribution in [0.4, 0.5) is 22.9 Å². The fraction of sp³-hybridized carbons (Fsp3) is 0.312. The molecular weight excluding hydrogens is 294 g/mol. The third-order valence-corrected chi connectivity index (χ3v) is 3.24. The van der Waals surface area contributed by atoms with Crippen LogP contribution < -0.4 is 10.2 Å². The summed E-state index contributed by atoms with van der Waals surface area (Å²) in [6.07, 6.45) is 1.65. The molecule has 0 atom stereocenters. The lowest BCUT2D eigenvalue weighted by atomic mass is 10.2. The Morgan fingerprint density at radius 2 is 1.57 bits per heavy atom. The molecular formula is C16H21N5O2. The van der Waals surface area contributed by atoms with E-state index in [2.05, 4.69) is 20.5 Å². The molecule has 2 aromatic rings. The Morgan fingerprint density at radius 1 is 0.957 bits per heavy atom. The lowest BCUT2D eigenvalue weighted by molar-refractivity contribution is 0.281. The second kappa shape index (κ2) is 8.82. The van der Waals surface area contributed by atoms with Crippen molar-refractivity contribution in [1.82, 2.24) is 4.98 Å². The first-order chi connectivity index (χ1) is 11.3. The maximum absolute atomic E-state index is 9.06. The minimum Gasteiger partial charge on any atom is -0.395 e. The molecule has 0 amide bonds. The predicted octanol–water partition coefficient (Wildman–Crippen LogP) is 2.33. The molecule has 1 aromatic heterocycles. The van der Waals surface area contributed by atoms with Gasteiger partial charge in [-0.25, -0.2) is 4.98 Å². The van der Waals surface area contributed by atoms with Crippen LogP contribution in [-0.2, 0) is 0 Å². The highest BCUT2D eigenvalue weighted by Crippen LogP contribution is 2.22. The highest BCUT2D eigenvalue weighted by atomic mass is 16.3. The molecule has 0 aliphatic carbocycles. The maximum Gasteiger partial charge on any atom is 0.125 e. The van der Waals surface area contributed by atoms with Crippen molar-refractivity contribution in [3.63, 3.8) is 0 Å². The Balaban J connectivity index is 2.04. The first-order valence-corrected chi connectivity index (χ1v) is 7.39. The van der Waals surface area contributed by atoms with Crippen molar-refractivity contribution in [3.8, 4) is 0 Å². The molecule has 0 saturated carbocycles. The third kappa shape index (κ3) is 5.01. The largest absolute Gasteiger partial charge is 0.395 e. The lowest BCUT2D eigenvalue weighted by Crippen LogP contribution is -2.29. The summed E-state index contributed by atoms with van der Waals surface area (Å²) >= 11 is 0. The van der Waals surface area contributed by atoms with Gasteiger partial charge in [-0.2, -0.15) is 5.11 Å². The summed E-state index contributed by atoms with van der Waals surface area (Å²) in [5.74, 6) is 0.779. The van der Waals surface area contributed by atoms with Gasteiger partial charge in [0, 0.05) is 25.8 Å². The van der Waals surface area contributed by atoms with Gasteiger partial charge in [0.25, 0.3) is 0 Å². The molecule has 0 saturated heterocycles. The monoisotopic (exact) mass is 315 g/mol. The van der Waals surface area contributed by atoms with E-state index in [0.29, 0.717) is 18.8 Å². The molecule has 0 aliphatic rings. The summed E-state index contributed by atoms with van der Waals surface area (Å²) in [4.78, 5) is 6.07. The first kappa shape index (κ1) is 16.9. The smallest absolute Gasteiger partial charge is 0.125 e. The van der Waals surface area contributed by atoms with Crippen LogP contribution in [0.5, 0.6) is 0 Å². The van der Waals surface area contributed by atoms with Crippen molar-refractivity contribution in [1.29, 1.82) is 0 Å². The fourth-order valence-corrected chi connectivity index (χ4v) is 2.05. The lowest BCUT2D eigenvalue weighted by Gasteiger charge is -2.22. The van der Waals surface area contributed by atoms with Crippen LogP contribution in [0, 0.1) is 0 Å². The van der Waals surface area contributed by atoms with E-state index in [9.17, 15) is 0 Å². The Kier molecular flexibility index (Phi) is 6.46. The summed E-state index contributed by atoms with van der Waals surface area (Å²) in [7, 11) is 1.81. The fourth-order valence-electron chi connectivity index (χ4n) is 2.05. The van der Waals surface area contributed by atoms with Gasteiger partial charge in [-0.05, 0) is 36.4 Å². The van der Waals surface area contributed by atoms with Crippen LogP contribution in [0.15, 0.2) is 52.8 Å². The van der Waals surface area contributed by atoms with E-state index in [1.54, 1.807) is 6.20 Å². The minimum absolute atomic E-state index is 0.0388. The topological polar surface area (TPSA) is 93.3 Å². The number of anilines is 2. The molecule has 7 nitrogen and oxygen atoms in total. The zero-order valence-electron chi connectivity index (χ0n) is 13.1. The van der Waals surface area contributed by atoms with Crippen molar-refractivity contribution in [2.45, 2.75) is 0 Å². The molecule has 0 aliphatic heterocycles. The van der Waals surface area contributed by atoms with E-state index >= 15 is 0 Å². The molecule has 2 rings (SSSR count). The first-order valence-electron chi connectivity index (χ1n) is 7.39. The highest BCUT2D eigenvalue weighted by molar-refractivity contribution is 5.53. The van der Waals surface area contributed by atoms with Crippen LogP contribution >= 0.6 is 0 Å². The molecule has 0 bridgehead atoms.